The van der Waals surface area contributed by atoms with Gasteiger partial charge in [0.2, 0.25) is 11.8 Å². The summed E-state index contributed by atoms with van der Waals surface area (Å²) in [5.41, 5.74) is 0. The number of nitrogens with zero attached hydrogens (tertiary/aromatic N) is 3. The molecule has 108 valence electrons. The maximum Gasteiger partial charge on any atom is 0.249 e. The van der Waals surface area contributed by atoms with Gasteiger partial charge in [0.05, 0.1) is 6.54 Å². The molecule has 2 N–H and O–H groups in total. The van der Waals surface area contributed by atoms with Crippen molar-refractivity contribution in [2.45, 2.75) is 26.3 Å². The minimum atomic E-state index is -0.409. The molecule has 20 heavy (non-hydrogen) atoms. The molecule has 1 atom stereocenters. The van der Waals surface area contributed by atoms with E-state index < -0.39 is 6.04 Å². The number of aromatic nitrogens is 2. The molecule has 0 bridgehead atoms. The molecule has 2 amide bonds. The first kappa shape index (κ1) is 14.7. The van der Waals surface area contributed by atoms with Gasteiger partial charge < -0.3 is 10.2 Å². The quantitative estimate of drug-likeness (QED) is 0.791. The standard InChI is InChI=1S/C12H16BrN5O2/c1-3-7-12(20)17-8(19)5-18(7)11-9(13)10(14-4-2)15-6-16-11/h6-7H,3-5H2,1-2H3,(H,14,15,16)(H,17,19,20). The molecule has 1 aromatic heterocycles. The van der Waals surface area contributed by atoms with Crippen LogP contribution in [0.3, 0.4) is 0 Å². The van der Waals surface area contributed by atoms with Gasteiger partial charge >= 0.3 is 0 Å². The Morgan fingerprint density at radius 2 is 2.20 bits per heavy atom. The Kier molecular flexibility index (Phi) is 4.53. The second-order valence-electron chi connectivity index (χ2n) is 4.35. The van der Waals surface area contributed by atoms with Gasteiger partial charge in [0.15, 0.2) is 0 Å². The number of rotatable bonds is 4. The van der Waals surface area contributed by atoms with E-state index >= 15 is 0 Å². The second-order valence-corrected chi connectivity index (χ2v) is 5.15. The molecule has 2 heterocycles. The highest BCUT2D eigenvalue weighted by atomic mass is 79.9. The minimum absolute atomic E-state index is 0.103. The highest BCUT2D eigenvalue weighted by Crippen LogP contribution is 2.31. The van der Waals surface area contributed by atoms with Crippen molar-refractivity contribution in [3.63, 3.8) is 0 Å². The van der Waals surface area contributed by atoms with Crippen molar-refractivity contribution < 1.29 is 9.59 Å². The molecule has 1 aromatic rings. The monoisotopic (exact) mass is 341 g/mol. The summed E-state index contributed by atoms with van der Waals surface area (Å²) in [6.07, 6.45) is 2.01. The van der Waals surface area contributed by atoms with Gasteiger partial charge in [0.1, 0.15) is 28.5 Å². The molecule has 0 radical (unpaired) electrons. The summed E-state index contributed by atoms with van der Waals surface area (Å²) < 4.78 is 0.655. The Morgan fingerprint density at radius 1 is 1.45 bits per heavy atom. The van der Waals surface area contributed by atoms with E-state index in [2.05, 4.69) is 36.5 Å². The van der Waals surface area contributed by atoms with Gasteiger partial charge in [-0.05, 0) is 29.3 Å². The third-order valence-corrected chi connectivity index (χ3v) is 3.76. The molecule has 1 aliphatic rings. The van der Waals surface area contributed by atoms with E-state index in [0.717, 1.165) is 0 Å². The zero-order valence-corrected chi connectivity index (χ0v) is 12.9. The molecule has 0 spiro atoms. The number of hydrogen-bond acceptors (Lipinski definition) is 6. The largest absolute Gasteiger partial charge is 0.369 e. The number of halogens is 1. The van der Waals surface area contributed by atoms with Crippen LogP contribution in [0.1, 0.15) is 20.3 Å². The normalized spacial score (nSPS) is 18.9. The third-order valence-electron chi connectivity index (χ3n) is 3.03. The summed E-state index contributed by atoms with van der Waals surface area (Å²) in [7, 11) is 0. The molecule has 0 aromatic carbocycles. The Hall–Kier alpha value is -1.70. The van der Waals surface area contributed by atoms with Gasteiger partial charge in [-0.25, -0.2) is 9.97 Å². The third kappa shape index (κ3) is 2.74. The topological polar surface area (TPSA) is 87.2 Å². The number of carbonyl (C=O) groups excluding carboxylic acids is 2. The summed E-state index contributed by atoms with van der Waals surface area (Å²) in [6, 6.07) is -0.409. The van der Waals surface area contributed by atoms with Crippen LogP contribution in [0.15, 0.2) is 10.8 Å². The van der Waals surface area contributed by atoms with Crippen LogP contribution in [0.2, 0.25) is 0 Å². The molecular formula is C12H16BrN5O2. The predicted octanol–water partition coefficient (Wildman–Crippen LogP) is 0.912. The number of piperazine rings is 1. The first-order valence-electron chi connectivity index (χ1n) is 6.43. The van der Waals surface area contributed by atoms with Gasteiger partial charge in [0.25, 0.3) is 0 Å². The van der Waals surface area contributed by atoms with Crippen LogP contribution in [0.5, 0.6) is 0 Å². The summed E-state index contributed by atoms with van der Waals surface area (Å²) in [4.78, 5) is 33.5. The fourth-order valence-corrected chi connectivity index (χ4v) is 2.72. The van der Waals surface area contributed by atoms with Crippen LogP contribution in [0, 0.1) is 0 Å². The molecular weight excluding hydrogens is 326 g/mol. The number of anilines is 2. The van der Waals surface area contributed by atoms with Gasteiger partial charge in [-0.2, -0.15) is 0 Å². The van der Waals surface area contributed by atoms with Crippen LogP contribution < -0.4 is 15.5 Å². The number of nitrogens with one attached hydrogen (secondary N) is 2. The lowest BCUT2D eigenvalue weighted by molar-refractivity contribution is -0.132. The van der Waals surface area contributed by atoms with Crippen LogP contribution in [-0.2, 0) is 9.59 Å². The first-order valence-corrected chi connectivity index (χ1v) is 7.22. The fraction of sp³-hybridized carbons (Fsp3) is 0.500. The van der Waals surface area contributed by atoms with Crippen molar-refractivity contribution >= 4 is 39.4 Å². The highest BCUT2D eigenvalue weighted by molar-refractivity contribution is 9.10. The molecule has 2 rings (SSSR count). The lowest BCUT2D eigenvalue weighted by Crippen LogP contribution is -2.58. The summed E-state index contributed by atoms with van der Waals surface area (Å²) >= 11 is 3.44. The molecule has 1 unspecified atom stereocenters. The average molecular weight is 342 g/mol. The second kappa shape index (κ2) is 6.17. The van der Waals surface area contributed by atoms with Gasteiger partial charge in [-0.1, -0.05) is 6.92 Å². The van der Waals surface area contributed by atoms with Crippen LogP contribution >= 0.6 is 15.9 Å². The zero-order chi connectivity index (χ0) is 14.7. The lowest BCUT2D eigenvalue weighted by atomic mass is 10.1. The van der Waals surface area contributed by atoms with Crippen LogP contribution in [-0.4, -0.2) is 40.9 Å². The summed E-state index contributed by atoms with van der Waals surface area (Å²) in [5.74, 6) is 0.575. The van der Waals surface area contributed by atoms with Crippen molar-refractivity contribution in [3.8, 4) is 0 Å². The van der Waals surface area contributed by atoms with Crippen molar-refractivity contribution in [1.82, 2.24) is 15.3 Å². The maximum absolute atomic E-state index is 11.9. The van der Waals surface area contributed by atoms with Crippen molar-refractivity contribution in [1.29, 1.82) is 0 Å². The maximum atomic E-state index is 11.9. The van der Waals surface area contributed by atoms with Gasteiger partial charge in [-0.3, -0.25) is 14.9 Å². The minimum Gasteiger partial charge on any atom is -0.369 e. The number of carbonyl (C=O) groups is 2. The Morgan fingerprint density at radius 3 is 2.85 bits per heavy atom. The molecule has 8 heteroatoms. The average Bonchev–Trinajstić information content (AvgIpc) is 2.40. The molecule has 7 nitrogen and oxygen atoms in total. The van der Waals surface area contributed by atoms with E-state index in [1.54, 1.807) is 4.90 Å². The lowest BCUT2D eigenvalue weighted by Gasteiger charge is -2.34. The number of amides is 2. The fourth-order valence-electron chi connectivity index (χ4n) is 2.15. The van der Waals surface area contributed by atoms with Gasteiger partial charge in [-0.15, -0.1) is 0 Å². The Labute approximate surface area is 125 Å². The van der Waals surface area contributed by atoms with E-state index in [9.17, 15) is 9.59 Å². The zero-order valence-electron chi connectivity index (χ0n) is 11.3. The predicted molar refractivity (Wildman–Crippen MR) is 78.5 cm³/mol. The van der Waals surface area contributed by atoms with Gasteiger partial charge in [0, 0.05) is 6.54 Å². The Balaban J connectivity index is 2.40. The summed E-state index contributed by atoms with van der Waals surface area (Å²) in [6.45, 7) is 4.67. The van der Waals surface area contributed by atoms with Crippen LogP contribution in [0.25, 0.3) is 0 Å². The molecule has 1 aliphatic heterocycles. The summed E-state index contributed by atoms with van der Waals surface area (Å²) in [5, 5.41) is 5.45. The highest BCUT2D eigenvalue weighted by Gasteiger charge is 2.34. The van der Waals surface area contributed by atoms with E-state index in [4.69, 9.17) is 0 Å². The molecule has 0 saturated carbocycles. The van der Waals surface area contributed by atoms with E-state index in [-0.39, 0.29) is 18.4 Å². The number of hydrogen-bond donors (Lipinski definition) is 2. The SMILES string of the molecule is CCNc1ncnc(N2CC(=O)NC(=O)C2CC)c1Br. The van der Waals surface area contributed by atoms with E-state index in [1.165, 1.54) is 6.33 Å². The molecule has 1 fully saturated rings. The van der Waals surface area contributed by atoms with E-state index in [0.29, 0.717) is 29.1 Å². The first-order chi connectivity index (χ1) is 9.58. The van der Waals surface area contributed by atoms with Crippen molar-refractivity contribution in [2.75, 3.05) is 23.3 Å². The molecule has 1 saturated heterocycles. The van der Waals surface area contributed by atoms with Crippen molar-refractivity contribution in [2.24, 2.45) is 0 Å². The van der Waals surface area contributed by atoms with Crippen LogP contribution in [0.4, 0.5) is 11.6 Å². The Bertz CT molecular complexity index is 537. The van der Waals surface area contributed by atoms with E-state index in [1.807, 2.05) is 13.8 Å². The smallest absolute Gasteiger partial charge is 0.249 e. The molecule has 0 aliphatic carbocycles. The van der Waals surface area contributed by atoms with Crippen molar-refractivity contribution in [3.05, 3.63) is 10.8 Å². The number of imide groups is 1.